The number of benzene rings is 1. The molecule has 10 nitrogen and oxygen atoms in total. The van der Waals surface area contributed by atoms with Crippen molar-refractivity contribution in [3.63, 3.8) is 0 Å². The molecule has 0 bridgehead atoms. The topological polar surface area (TPSA) is 114 Å². The summed E-state index contributed by atoms with van der Waals surface area (Å²) in [7, 11) is 0. The minimum Gasteiger partial charge on any atom is -0.458 e. The number of nitrogens with zero attached hydrogens (tertiary/aromatic N) is 4. The number of ether oxygens (including phenoxy) is 2. The molecule has 1 N–H and O–H groups in total. The molecule has 10 heteroatoms. The third-order valence-electron chi connectivity index (χ3n) is 9.41. The first kappa shape index (κ1) is 27.1. The Bertz CT molecular complexity index is 1640. The van der Waals surface area contributed by atoms with Gasteiger partial charge in [0.15, 0.2) is 5.60 Å². The second-order valence-corrected chi connectivity index (χ2v) is 12.0. The molecule has 1 aromatic carbocycles. The number of piperidine rings is 2. The monoisotopic (exact) mass is 572 g/mol. The number of pyridine rings is 2. The smallest absolute Gasteiger partial charge is 0.415 e. The van der Waals surface area contributed by atoms with Gasteiger partial charge in [0.2, 0.25) is 0 Å². The molecule has 3 aromatic rings. The van der Waals surface area contributed by atoms with E-state index in [1.165, 1.54) is 32.4 Å². The van der Waals surface area contributed by atoms with Gasteiger partial charge in [-0.15, -0.1) is 0 Å². The minimum absolute atomic E-state index is 0.157. The molecule has 0 radical (unpaired) electrons. The zero-order valence-corrected chi connectivity index (χ0v) is 23.9. The largest absolute Gasteiger partial charge is 0.458 e. The van der Waals surface area contributed by atoms with Crippen LogP contribution in [0, 0.1) is 0 Å². The maximum Gasteiger partial charge on any atom is 0.415 e. The second-order valence-electron chi connectivity index (χ2n) is 12.0. The van der Waals surface area contributed by atoms with E-state index in [1.807, 2.05) is 25.1 Å². The lowest BCUT2D eigenvalue weighted by Gasteiger charge is -2.39. The Labute approximate surface area is 243 Å². The molecule has 4 aliphatic heterocycles. The Morgan fingerprint density at radius 3 is 2.64 bits per heavy atom. The van der Waals surface area contributed by atoms with Crippen molar-refractivity contribution in [3.8, 4) is 17.1 Å². The van der Waals surface area contributed by atoms with Crippen LogP contribution < -0.4 is 10.3 Å². The molecule has 4 aliphatic rings. The maximum absolute atomic E-state index is 13.5. The van der Waals surface area contributed by atoms with E-state index in [4.69, 9.17) is 14.5 Å². The van der Waals surface area contributed by atoms with Crippen LogP contribution in [0.1, 0.15) is 68.6 Å². The van der Waals surface area contributed by atoms with Crippen molar-refractivity contribution in [2.75, 3.05) is 26.2 Å². The van der Waals surface area contributed by atoms with Crippen molar-refractivity contribution in [3.05, 3.63) is 57.4 Å². The number of hydrogen-bond donors (Lipinski definition) is 1. The Balaban J connectivity index is 1.11. The van der Waals surface area contributed by atoms with Crippen molar-refractivity contribution >= 4 is 23.0 Å². The van der Waals surface area contributed by atoms with Crippen molar-refractivity contribution in [1.29, 1.82) is 0 Å². The van der Waals surface area contributed by atoms with E-state index < -0.39 is 11.6 Å². The standard InChI is InChI=1S/C32H36N4O6/c1-2-10-32(40)25-17-27-28-21(18-36(27)29(37)24(25)19-41-30(32)38)15-20-16-23(6-7-26(20)33-28)42-31(39)35-13-8-22(9-14-35)34-11-4-3-5-12-34/h6-7,15-17,22,40H,2-5,8-14,18-19H2,1H3/t32-/m0/s1. The summed E-state index contributed by atoms with van der Waals surface area (Å²) in [5, 5.41) is 12.0. The lowest BCUT2D eigenvalue weighted by Crippen LogP contribution is -2.48. The zero-order chi connectivity index (χ0) is 29.0. The number of likely N-dealkylation sites (tertiary alicyclic amines) is 2. The normalized spacial score (nSPS) is 22.4. The second kappa shape index (κ2) is 10.5. The molecule has 1 atom stereocenters. The van der Waals surface area contributed by atoms with E-state index in [0.717, 1.165) is 23.8 Å². The summed E-state index contributed by atoms with van der Waals surface area (Å²) in [6.07, 6.45) is 6.19. The minimum atomic E-state index is -1.85. The van der Waals surface area contributed by atoms with Gasteiger partial charge in [-0.2, -0.15) is 0 Å². The predicted octanol–water partition coefficient (Wildman–Crippen LogP) is 3.92. The number of fused-ring (bicyclic) bond motifs is 5. The van der Waals surface area contributed by atoms with Gasteiger partial charge < -0.3 is 28.9 Å². The number of cyclic esters (lactones) is 1. The van der Waals surface area contributed by atoms with Gasteiger partial charge in [-0.3, -0.25) is 4.79 Å². The molecule has 0 unspecified atom stereocenters. The molecule has 1 amide bonds. The summed E-state index contributed by atoms with van der Waals surface area (Å²) in [5.41, 5.74) is 1.23. The van der Waals surface area contributed by atoms with Crippen LogP contribution in [-0.2, 0) is 28.3 Å². The van der Waals surface area contributed by atoms with Crippen LogP contribution in [0.15, 0.2) is 35.1 Å². The Morgan fingerprint density at radius 1 is 1.10 bits per heavy atom. The molecule has 0 saturated carbocycles. The van der Waals surface area contributed by atoms with Crippen LogP contribution in [0.2, 0.25) is 0 Å². The highest BCUT2D eigenvalue weighted by Crippen LogP contribution is 2.39. The van der Waals surface area contributed by atoms with E-state index in [2.05, 4.69) is 4.90 Å². The summed E-state index contributed by atoms with van der Waals surface area (Å²) >= 11 is 0. The third-order valence-corrected chi connectivity index (χ3v) is 9.41. The third kappa shape index (κ3) is 4.48. The SMILES string of the molecule is CCC[C@@]1(O)C(=O)OCc2c1cc1n(c2=O)Cc2cc3cc(OC(=O)N4CCC(N5CCCCC5)CC4)ccc3nc2-1. The zero-order valence-electron chi connectivity index (χ0n) is 23.9. The Kier molecular flexibility index (Phi) is 6.78. The molecule has 0 aliphatic carbocycles. The first-order valence-corrected chi connectivity index (χ1v) is 15.2. The number of carbonyl (C=O) groups is 2. The van der Waals surface area contributed by atoms with Crippen LogP contribution in [0.5, 0.6) is 5.75 Å². The van der Waals surface area contributed by atoms with E-state index in [0.29, 0.717) is 65.9 Å². The molecule has 2 fully saturated rings. The van der Waals surface area contributed by atoms with Crippen LogP contribution in [-0.4, -0.2) is 68.7 Å². The number of aromatic nitrogens is 2. The van der Waals surface area contributed by atoms with Gasteiger partial charge in [-0.05, 0) is 75.5 Å². The van der Waals surface area contributed by atoms with Crippen LogP contribution in [0.3, 0.4) is 0 Å². The molecule has 2 aromatic heterocycles. The molecule has 42 heavy (non-hydrogen) atoms. The number of amides is 1. The summed E-state index contributed by atoms with van der Waals surface area (Å²) in [5.74, 6) is -0.268. The summed E-state index contributed by atoms with van der Waals surface area (Å²) in [4.78, 5) is 48.2. The first-order valence-electron chi connectivity index (χ1n) is 15.2. The van der Waals surface area contributed by atoms with Crippen molar-refractivity contribution < 1.29 is 24.2 Å². The van der Waals surface area contributed by atoms with Crippen LogP contribution in [0.4, 0.5) is 4.79 Å². The van der Waals surface area contributed by atoms with Crippen molar-refractivity contribution in [2.24, 2.45) is 0 Å². The summed E-state index contributed by atoms with van der Waals surface area (Å²) in [6, 6.07) is 9.60. The Morgan fingerprint density at radius 2 is 1.88 bits per heavy atom. The van der Waals surface area contributed by atoms with E-state index >= 15 is 0 Å². The highest BCUT2D eigenvalue weighted by molar-refractivity contribution is 5.87. The number of rotatable bonds is 4. The van der Waals surface area contributed by atoms with E-state index in [-0.39, 0.29) is 24.7 Å². The van der Waals surface area contributed by atoms with Gasteiger partial charge in [-0.1, -0.05) is 19.8 Å². The molecule has 0 spiro atoms. The van der Waals surface area contributed by atoms with Crippen molar-refractivity contribution in [2.45, 2.75) is 76.7 Å². The fourth-order valence-electron chi connectivity index (χ4n) is 7.15. The average Bonchev–Trinajstić information content (AvgIpc) is 3.36. The number of carbonyl (C=O) groups excluding carboxylic acids is 2. The van der Waals surface area contributed by atoms with Crippen LogP contribution in [0.25, 0.3) is 22.3 Å². The molecular weight excluding hydrogens is 536 g/mol. The van der Waals surface area contributed by atoms with Gasteiger partial charge in [-0.25, -0.2) is 14.6 Å². The highest BCUT2D eigenvalue weighted by atomic mass is 16.6. The van der Waals surface area contributed by atoms with Crippen molar-refractivity contribution in [1.82, 2.24) is 19.4 Å². The lowest BCUT2D eigenvalue weighted by atomic mass is 9.84. The number of aliphatic hydroxyl groups is 1. The van der Waals surface area contributed by atoms with Gasteiger partial charge in [0.1, 0.15) is 12.4 Å². The quantitative estimate of drug-likeness (QED) is 0.366. The van der Waals surface area contributed by atoms with E-state index in [9.17, 15) is 19.5 Å². The van der Waals surface area contributed by atoms with Gasteiger partial charge >= 0.3 is 12.1 Å². The van der Waals surface area contributed by atoms with E-state index in [1.54, 1.807) is 21.6 Å². The number of esters is 1. The Hall–Kier alpha value is -3.76. The molecule has 220 valence electrons. The highest BCUT2D eigenvalue weighted by Gasteiger charge is 2.46. The lowest BCUT2D eigenvalue weighted by molar-refractivity contribution is -0.172. The van der Waals surface area contributed by atoms with Gasteiger partial charge in [0.25, 0.3) is 5.56 Å². The average molecular weight is 573 g/mol. The molecule has 6 heterocycles. The fourth-order valence-corrected chi connectivity index (χ4v) is 7.15. The number of hydrogen-bond acceptors (Lipinski definition) is 8. The molecule has 7 rings (SSSR count). The fraction of sp³-hybridized carbons (Fsp3) is 0.500. The summed E-state index contributed by atoms with van der Waals surface area (Å²) < 4.78 is 12.6. The molecule has 2 saturated heterocycles. The molecular formula is C32H36N4O6. The predicted molar refractivity (Wildman–Crippen MR) is 155 cm³/mol. The first-order chi connectivity index (χ1) is 20.4. The van der Waals surface area contributed by atoms with Gasteiger partial charge in [0.05, 0.1) is 29.0 Å². The van der Waals surface area contributed by atoms with Gasteiger partial charge in [0, 0.05) is 35.6 Å². The van der Waals surface area contributed by atoms with Crippen LogP contribution >= 0.6 is 0 Å². The summed E-state index contributed by atoms with van der Waals surface area (Å²) in [6.45, 7) is 5.76. The maximum atomic E-state index is 13.5.